The number of carbonyl (C=O) groups excluding carboxylic acids is 1. The molecular formula is C13H20Cl2N2O. The van der Waals surface area contributed by atoms with Crippen LogP contribution in [0.15, 0.2) is 24.3 Å². The van der Waals surface area contributed by atoms with E-state index in [9.17, 15) is 4.79 Å². The van der Waals surface area contributed by atoms with E-state index in [-0.39, 0.29) is 24.4 Å². The van der Waals surface area contributed by atoms with E-state index in [0.717, 1.165) is 5.56 Å². The van der Waals surface area contributed by atoms with Crippen molar-refractivity contribution in [1.82, 2.24) is 5.32 Å². The summed E-state index contributed by atoms with van der Waals surface area (Å²) in [5.74, 6) is -0.0486. The van der Waals surface area contributed by atoms with Crippen molar-refractivity contribution in [2.45, 2.75) is 26.8 Å². The van der Waals surface area contributed by atoms with Crippen molar-refractivity contribution in [1.29, 1.82) is 0 Å². The number of carbonyl (C=O) groups is 1. The molecule has 1 atom stereocenters. The van der Waals surface area contributed by atoms with E-state index in [2.05, 4.69) is 5.32 Å². The Balaban J connectivity index is 0.00000289. The van der Waals surface area contributed by atoms with Crippen molar-refractivity contribution in [3.8, 4) is 0 Å². The lowest BCUT2D eigenvalue weighted by atomic mass is 9.92. The first-order valence-corrected chi connectivity index (χ1v) is 6.01. The highest BCUT2D eigenvalue weighted by molar-refractivity contribution is 6.30. The monoisotopic (exact) mass is 290 g/mol. The summed E-state index contributed by atoms with van der Waals surface area (Å²) in [4.78, 5) is 11.9. The Morgan fingerprint density at radius 1 is 1.50 bits per heavy atom. The summed E-state index contributed by atoms with van der Waals surface area (Å²) in [5, 5.41) is 3.61. The molecule has 0 aromatic heterocycles. The zero-order chi connectivity index (χ0) is 13.1. The molecule has 1 amide bonds. The zero-order valence-corrected chi connectivity index (χ0v) is 12.4. The predicted molar refractivity (Wildman–Crippen MR) is 78.1 cm³/mol. The lowest BCUT2D eigenvalue weighted by molar-refractivity contribution is -0.129. The van der Waals surface area contributed by atoms with Crippen LogP contribution in [0.25, 0.3) is 0 Å². The third-order valence-corrected chi connectivity index (χ3v) is 3.06. The molecule has 3 nitrogen and oxygen atoms in total. The van der Waals surface area contributed by atoms with Gasteiger partial charge in [-0.15, -0.1) is 12.4 Å². The van der Waals surface area contributed by atoms with Gasteiger partial charge in [0.25, 0.3) is 0 Å². The Kier molecular flexibility index (Phi) is 6.68. The Morgan fingerprint density at radius 2 is 2.11 bits per heavy atom. The van der Waals surface area contributed by atoms with Gasteiger partial charge >= 0.3 is 0 Å². The molecule has 1 unspecified atom stereocenters. The second kappa shape index (κ2) is 6.98. The lowest BCUT2D eigenvalue weighted by Gasteiger charge is -2.24. The molecule has 0 radical (unpaired) electrons. The topological polar surface area (TPSA) is 55.1 Å². The molecule has 3 N–H and O–H groups in total. The molecule has 18 heavy (non-hydrogen) atoms. The minimum Gasteiger partial charge on any atom is -0.349 e. The number of halogens is 2. The fourth-order valence-corrected chi connectivity index (χ4v) is 1.54. The van der Waals surface area contributed by atoms with Crippen molar-refractivity contribution in [3.63, 3.8) is 0 Å². The maximum absolute atomic E-state index is 11.9. The van der Waals surface area contributed by atoms with Gasteiger partial charge in [0, 0.05) is 11.6 Å². The Hall–Kier alpha value is -0.770. The van der Waals surface area contributed by atoms with Gasteiger partial charge in [0.2, 0.25) is 5.91 Å². The minimum atomic E-state index is -0.549. The molecule has 0 heterocycles. The highest BCUT2D eigenvalue weighted by Gasteiger charge is 2.26. The fourth-order valence-electron chi connectivity index (χ4n) is 1.34. The number of rotatable bonds is 4. The Morgan fingerprint density at radius 3 is 2.61 bits per heavy atom. The molecule has 102 valence electrons. The molecule has 1 aromatic carbocycles. The zero-order valence-electron chi connectivity index (χ0n) is 10.9. The lowest BCUT2D eigenvalue weighted by Crippen LogP contribution is -2.42. The molecule has 1 aromatic rings. The Bertz CT molecular complexity index is 408. The van der Waals surface area contributed by atoms with Gasteiger partial charge in [-0.25, -0.2) is 0 Å². The van der Waals surface area contributed by atoms with Gasteiger partial charge in [-0.1, -0.05) is 23.7 Å². The van der Waals surface area contributed by atoms with Gasteiger partial charge in [-0.05, 0) is 38.5 Å². The van der Waals surface area contributed by atoms with E-state index >= 15 is 0 Å². The summed E-state index contributed by atoms with van der Waals surface area (Å²) >= 11 is 5.91. The molecule has 0 fully saturated rings. The summed E-state index contributed by atoms with van der Waals surface area (Å²) in [6.45, 7) is 5.90. The number of nitrogens with one attached hydrogen (secondary N) is 1. The van der Waals surface area contributed by atoms with Crippen molar-refractivity contribution >= 4 is 29.9 Å². The highest BCUT2D eigenvalue weighted by Crippen LogP contribution is 2.20. The van der Waals surface area contributed by atoms with E-state index in [1.54, 1.807) is 0 Å². The van der Waals surface area contributed by atoms with Gasteiger partial charge in [-0.3, -0.25) is 4.79 Å². The SMILES string of the molecule is CC(NC(=O)C(C)(C)CN)c1cccc(Cl)c1.Cl. The first-order chi connectivity index (χ1) is 7.86. The third kappa shape index (κ3) is 4.48. The molecule has 1 rings (SSSR count). The molecular weight excluding hydrogens is 271 g/mol. The molecule has 0 aliphatic carbocycles. The standard InChI is InChI=1S/C13H19ClN2O.ClH/c1-9(10-5-4-6-11(14)7-10)16-12(17)13(2,3)8-15;/h4-7,9H,8,15H2,1-3H3,(H,16,17);1H. The number of amides is 1. The van der Waals surface area contributed by atoms with E-state index in [0.29, 0.717) is 11.6 Å². The molecule has 0 aliphatic heterocycles. The van der Waals surface area contributed by atoms with Gasteiger partial charge in [0.05, 0.1) is 11.5 Å². The van der Waals surface area contributed by atoms with Crippen LogP contribution in [0.2, 0.25) is 5.02 Å². The smallest absolute Gasteiger partial charge is 0.227 e. The van der Waals surface area contributed by atoms with Gasteiger partial charge in [-0.2, -0.15) is 0 Å². The number of hydrogen-bond acceptors (Lipinski definition) is 2. The number of hydrogen-bond donors (Lipinski definition) is 2. The van der Waals surface area contributed by atoms with Crippen LogP contribution in [0.5, 0.6) is 0 Å². The maximum atomic E-state index is 11.9. The van der Waals surface area contributed by atoms with E-state index < -0.39 is 5.41 Å². The van der Waals surface area contributed by atoms with Crippen LogP contribution in [0.3, 0.4) is 0 Å². The largest absolute Gasteiger partial charge is 0.349 e. The summed E-state index contributed by atoms with van der Waals surface area (Å²) in [5.41, 5.74) is 6.00. The second-order valence-corrected chi connectivity index (χ2v) is 5.27. The van der Waals surface area contributed by atoms with Crippen LogP contribution in [0, 0.1) is 5.41 Å². The van der Waals surface area contributed by atoms with Crippen LogP contribution in [0.1, 0.15) is 32.4 Å². The van der Waals surface area contributed by atoms with Crippen LogP contribution in [-0.4, -0.2) is 12.5 Å². The molecule has 0 aliphatic rings. The van der Waals surface area contributed by atoms with Gasteiger partial charge in [0.1, 0.15) is 0 Å². The molecule has 5 heteroatoms. The first kappa shape index (κ1) is 17.2. The molecule has 0 bridgehead atoms. The quantitative estimate of drug-likeness (QED) is 0.896. The fraction of sp³-hybridized carbons (Fsp3) is 0.462. The van der Waals surface area contributed by atoms with Gasteiger partial charge < -0.3 is 11.1 Å². The van der Waals surface area contributed by atoms with Crippen LogP contribution < -0.4 is 11.1 Å². The summed E-state index contributed by atoms with van der Waals surface area (Å²) in [7, 11) is 0. The highest BCUT2D eigenvalue weighted by atomic mass is 35.5. The van der Waals surface area contributed by atoms with Crippen molar-refractivity contribution in [2.75, 3.05) is 6.54 Å². The molecule has 0 spiro atoms. The maximum Gasteiger partial charge on any atom is 0.227 e. The second-order valence-electron chi connectivity index (χ2n) is 4.84. The van der Waals surface area contributed by atoms with E-state index in [1.807, 2.05) is 45.0 Å². The first-order valence-electron chi connectivity index (χ1n) is 5.63. The molecule has 0 saturated heterocycles. The molecule has 0 saturated carbocycles. The van der Waals surface area contributed by atoms with Crippen LogP contribution >= 0.6 is 24.0 Å². The van der Waals surface area contributed by atoms with Crippen molar-refractivity contribution < 1.29 is 4.79 Å². The summed E-state index contributed by atoms with van der Waals surface area (Å²) < 4.78 is 0. The number of benzene rings is 1. The van der Waals surface area contributed by atoms with Crippen molar-refractivity contribution in [3.05, 3.63) is 34.9 Å². The normalized spacial score (nSPS) is 12.5. The van der Waals surface area contributed by atoms with Gasteiger partial charge in [0.15, 0.2) is 0 Å². The third-order valence-electron chi connectivity index (χ3n) is 2.82. The van der Waals surface area contributed by atoms with Crippen LogP contribution in [0.4, 0.5) is 0 Å². The van der Waals surface area contributed by atoms with Crippen molar-refractivity contribution in [2.24, 2.45) is 11.1 Å². The average molecular weight is 291 g/mol. The average Bonchev–Trinajstić information content (AvgIpc) is 2.28. The van der Waals surface area contributed by atoms with E-state index in [1.165, 1.54) is 0 Å². The minimum absolute atomic E-state index is 0. The van der Waals surface area contributed by atoms with Crippen LogP contribution in [-0.2, 0) is 4.79 Å². The van der Waals surface area contributed by atoms with E-state index in [4.69, 9.17) is 17.3 Å². The summed E-state index contributed by atoms with van der Waals surface area (Å²) in [6, 6.07) is 7.39. The summed E-state index contributed by atoms with van der Waals surface area (Å²) in [6.07, 6.45) is 0. The number of nitrogens with two attached hydrogens (primary N) is 1. The predicted octanol–water partition coefficient (Wildman–Crippen LogP) is 2.92. The Labute approximate surface area is 119 Å².